The molecule has 1 saturated heterocycles. The zero-order valence-corrected chi connectivity index (χ0v) is 68.2. The van der Waals surface area contributed by atoms with Crippen LogP contribution in [0, 0.1) is 64.6 Å². The van der Waals surface area contributed by atoms with E-state index in [1.165, 1.54) is 87.7 Å². The maximum atomic E-state index is 15.1. The summed E-state index contributed by atoms with van der Waals surface area (Å²) in [6, 6.07) is -12.3. The third-order valence-corrected chi connectivity index (χ3v) is 19.5. The van der Waals surface area contributed by atoms with Crippen LogP contribution >= 0.6 is 0 Å². The number of rotatable bonds is 20. The molecule has 1 aliphatic rings. The first-order chi connectivity index (χ1) is 46.4. The van der Waals surface area contributed by atoms with Crippen LogP contribution in [0.1, 0.15) is 211 Å². The summed E-state index contributed by atoms with van der Waals surface area (Å²) in [7, 11) is 9.92. The van der Waals surface area contributed by atoms with Crippen LogP contribution < -0.4 is 21.3 Å². The Morgan fingerprint density at radius 3 is 1.26 bits per heavy atom. The van der Waals surface area contributed by atoms with Crippen molar-refractivity contribution in [3.63, 3.8) is 0 Å². The Morgan fingerprint density at radius 1 is 0.446 bits per heavy atom. The molecule has 1 fully saturated rings. The van der Waals surface area contributed by atoms with Crippen molar-refractivity contribution in [1.29, 1.82) is 0 Å². The zero-order chi connectivity index (χ0) is 78.9. The Bertz CT molecular complexity index is 2740. The molecule has 24 heteroatoms. The van der Waals surface area contributed by atoms with Gasteiger partial charge in [0.15, 0.2) is 0 Å². The predicted molar refractivity (Wildman–Crippen MR) is 401 cm³/mol. The largest absolute Gasteiger partial charge is 0.393 e. The molecule has 0 spiro atoms. The molecule has 0 unspecified atom stereocenters. The van der Waals surface area contributed by atoms with Gasteiger partial charge in [-0.3, -0.25) is 52.7 Å². The second-order valence-electron chi connectivity index (χ2n) is 32.5. The number of aliphatic hydroxyl groups is 2. The van der Waals surface area contributed by atoms with E-state index in [0.717, 1.165) is 16.2 Å². The summed E-state index contributed by atoms with van der Waals surface area (Å²) in [4.78, 5) is 169. The molecule has 1 rings (SSSR count). The van der Waals surface area contributed by atoms with Gasteiger partial charge in [-0.05, 0) is 137 Å². The molecule has 24 nitrogen and oxygen atoms in total. The summed E-state index contributed by atoms with van der Waals surface area (Å²) in [5.74, 6) is -8.50. The van der Waals surface area contributed by atoms with Crippen LogP contribution in [0.4, 0.5) is 0 Å². The topological polar surface area (TPSA) is 299 Å². The smallest absolute Gasteiger partial charge is 0.246 e. The maximum absolute atomic E-state index is 15.1. The van der Waals surface area contributed by atoms with Crippen molar-refractivity contribution >= 4 is 65.0 Å². The second kappa shape index (κ2) is 43.6. The summed E-state index contributed by atoms with van der Waals surface area (Å²) in [5, 5.41) is 33.5. The third kappa shape index (κ3) is 28.6. The fourth-order valence-corrected chi connectivity index (χ4v) is 13.4. The van der Waals surface area contributed by atoms with Gasteiger partial charge in [0, 0.05) is 49.3 Å². The Balaban J connectivity index is 0.00000549. The lowest BCUT2D eigenvalue weighted by atomic mass is 9.68. The van der Waals surface area contributed by atoms with E-state index in [0.29, 0.717) is 24.2 Å². The standard InChI is InChI=1S/C62H111N11O12.C15H30O/c1-25-27-28-40(15)52(75)51-56(79)65-43(26-2)58(81)67(18)33-48(74)68(19)44(29-34(3)4)55(78)66-49(38(11)12)61(84)69(20)45(30-35(5)6)54(77)63-41(16)53(76)64-42(17)57(80)70(21)46(31-36(7)8)59(82)71(22)47(32-37(9)10)60(83)72(23)50(39(13)14)62(85)73(51)24;1-8-9-10-12(4)14(16)13(11(2)3)15(5,6)7/h25,27,34-47,49-52,75H,26,28-33H2,1-24H3,(H,63,77)(H,64,76)(H,65,79)(H,66,78);8-9,11-14,16H,10H2,1-7H3/b27-25+;9-8+/t40-,41+,42-,43+,44+,45+,46+,47+,49+,50+,51+,52-;12-,13+,14-/m11/s1. The molecule has 0 aliphatic carbocycles. The third-order valence-electron chi connectivity index (χ3n) is 19.5. The fourth-order valence-electron chi connectivity index (χ4n) is 13.4. The van der Waals surface area contributed by atoms with Gasteiger partial charge in [-0.25, -0.2) is 0 Å². The minimum Gasteiger partial charge on any atom is -0.393 e. The molecule has 1 aliphatic heterocycles. The summed E-state index contributed by atoms with van der Waals surface area (Å²) < 4.78 is 0. The lowest BCUT2D eigenvalue weighted by molar-refractivity contribution is -0.157. The number of hydrogen-bond acceptors (Lipinski definition) is 13. The number of aliphatic hydroxyl groups excluding tert-OH is 2. The molecular weight excluding hydrogens is 1290 g/mol. The Kier molecular flexibility index (Phi) is 40.8. The summed E-state index contributed by atoms with van der Waals surface area (Å²) >= 11 is 0. The van der Waals surface area contributed by atoms with Crippen molar-refractivity contribution in [2.45, 2.75) is 284 Å². The highest BCUT2D eigenvalue weighted by Crippen LogP contribution is 2.38. The van der Waals surface area contributed by atoms with Crippen molar-refractivity contribution in [3.8, 4) is 0 Å². The van der Waals surface area contributed by atoms with E-state index in [4.69, 9.17) is 0 Å². The first-order valence-electron chi connectivity index (χ1n) is 37.1. The molecule has 1 heterocycles. The van der Waals surface area contributed by atoms with Crippen LogP contribution in [0.5, 0.6) is 0 Å². The molecule has 11 amide bonds. The van der Waals surface area contributed by atoms with Crippen molar-refractivity contribution < 1.29 is 63.0 Å². The van der Waals surface area contributed by atoms with Gasteiger partial charge >= 0.3 is 0 Å². The van der Waals surface area contributed by atoms with E-state index in [9.17, 15) is 53.4 Å². The van der Waals surface area contributed by atoms with E-state index in [-0.39, 0.29) is 67.3 Å². The molecule has 0 aromatic rings. The highest BCUT2D eigenvalue weighted by atomic mass is 16.3. The van der Waals surface area contributed by atoms with E-state index in [1.54, 1.807) is 54.5 Å². The lowest BCUT2D eigenvalue weighted by Crippen LogP contribution is -2.63. The molecule has 0 aromatic carbocycles. The number of amides is 11. The second-order valence-corrected chi connectivity index (χ2v) is 32.5. The van der Waals surface area contributed by atoms with Crippen molar-refractivity contribution in [1.82, 2.24) is 55.6 Å². The van der Waals surface area contributed by atoms with Gasteiger partial charge in [0.05, 0.1) is 18.8 Å². The molecule has 0 saturated carbocycles. The van der Waals surface area contributed by atoms with Crippen LogP contribution in [-0.4, -0.2) is 238 Å². The van der Waals surface area contributed by atoms with E-state index in [2.05, 4.69) is 75.0 Å². The maximum Gasteiger partial charge on any atom is 0.246 e. The minimum absolute atomic E-state index is 0.0229. The fraction of sp³-hybridized carbons (Fsp3) is 0.805. The minimum atomic E-state index is -1.61. The number of nitrogens with zero attached hydrogens (tertiary/aromatic N) is 7. The van der Waals surface area contributed by atoms with Gasteiger partial charge < -0.3 is 65.8 Å². The zero-order valence-electron chi connectivity index (χ0n) is 68.2. The van der Waals surface area contributed by atoms with Crippen molar-refractivity contribution in [2.75, 3.05) is 55.9 Å². The summed E-state index contributed by atoms with van der Waals surface area (Å²) in [6.45, 7) is 44.6. The van der Waals surface area contributed by atoms with Gasteiger partial charge in [-0.2, -0.15) is 0 Å². The number of carbonyl (C=O) groups is 11. The van der Waals surface area contributed by atoms with Gasteiger partial charge in [-0.15, -0.1) is 0 Å². The number of allylic oxidation sites excluding steroid dienone is 4. The normalized spacial score (nSPS) is 25.7. The molecule has 101 heavy (non-hydrogen) atoms. The SMILES string of the molecule is C/C=C/C[C@@H](C)[C@@H](O)[C@H](C(C)C)C(C)(C)C.C/C=C/C[C@@H](C)[C@@H](O)[C@H]1C(=O)N[C@@H](CC)C(=O)N(C)CC(=O)N(C)[C@@H](CC(C)C)C(=O)N[C@@H](C(C)C)C(=O)N(C)[C@@H](CC(C)C)C(=O)N[C@@H](C)C(=O)N[C@H](C)C(=O)N(C)[C@@H](CC(C)C)C(=O)N(C)[C@@H](CC(C)C)C(=O)N(C)[C@@H](C(C)C)C(=O)N1C. The number of carbonyl (C=O) groups excluding carboxylic acids is 11. The van der Waals surface area contributed by atoms with Crippen molar-refractivity contribution in [3.05, 3.63) is 24.3 Å². The first kappa shape index (κ1) is 94.6. The van der Waals surface area contributed by atoms with Crippen LogP contribution in [0.2, 0.25) is 0 Å². The van der Waals surface area contributed by atoms with Crippen LogP contribution in [0.3, 0.4) is 0 Å². The quantitative estimate of drug-likeness (QED) is 0.0643. The summed E-state index contributed by atoms with van der Waals surface area (Å²) in [5.41, 5.74) is 0.164. The van der Waals surface area contributed by atoms with E-state index >= 15 is 9.59 Å². The lowest BCUT2D eigenvalue weighted by Gasteiger charge is -2.41. The van der Waals surface area contributed by atoms with Gasteiger partial charge in [-0.1, -0.05) is 163 Å². The predicted octanol–water partition coefficient (Wildman–Crippen LogP) is 7.54. The van der Waals surface area contributed by atoms with E-state index in [1.807, 2.05) is 68.4 Å². The number of likely N-dealkylation sites (N-methyl/N-ethyl adjacent to an activating group) is 7. The van der Waals surface area contributed by atoms with Gasteiger partial charge in [0.2, 0.25) is 65.0 Å². The molecule has 0 radical (unpaired) electrons. The first-order valence-corrected chi connectivity index (χ1v) is 37.1. The molecule has 15 atom stereocenters. The van der Waals surface area contributed by atoms with Crippen LogP contribution in [0.15, 0.2) is 24.3 Å². The molecular formula is C77H141N11O13. The molecule has 582 valence electrons. The number of hydrogen-bond donors (Lipinski definition) is 6. The van der Waals surface area contributed by atoms with Gasteiger partial charge in [0.1, 0.15) is 60.4 Å². The average Bonchev–Trinajstić information content (AvgIpc) is 0.804. The van der Waals surface area contributed by atoms with E-state index < -0.39 is 156 Å². The molecule has 6 N–H and O–H groups in total. The van der Waals surface area contributed by atoms with Crippen molar-refractivity contribution in [2.24, 2.45) is 64.6 Å². The average molecular weight is 1430 g/mol. The Morgan fingerprint density at radius 2 is 0.842 bits per heavy atom. The highest BCUT2D eigenvalue weighted by Gasteiger charge is 2.46. The molecule has 0 aromatic heterocycles. The number of nitrogens with one attached hydrogen (secondary N) is 4. The monoisotopic (exact) mass is 1430 g/mol. The molecule has 0 bridgehead atoms. The summed E-state index contributed by atoms with van der Waals surface area (Å²) in [6.07, 6.45) is 8.01. The van der Waals surface area contributed by atoms with Gasteiger partial charge in [0.25, 0.3) is 0 Å². The van der Waals surface area contributed by atoms with Crippen LogP contribution in [0.25, 0.3) is 0 Å². The highest BCUT2D eigenvalue weighted by molar-refractivity contribution is 5.99. The van der Waals surface area contributed by atoms with Crippen LogP contribution in [-0.2, 0) is 52.7 Å². The Labute approximate surface area is 609 Å². The Hall–Kier alpha value is -6.43.